The lowest BCUT2D eigenvalue weighted by Crippen LogP contribution is -2.40. The molecule has 0 bridgehead atoms. The summed E-state index contributed by atoms with van der Waals surface area (Å²) in [7, 11) is 0. The number of hydrogen-bond acceptors (Lipinski definition) is 5. The van der Waals surface area contributed by atoms with Crippen molar-refractivity contribution in [3.63, 3.8) is 0 Å². The fourth-order valence-electron chi connectivity index (χ4n) is 4.03. The molecule has 1 amide bonds. The van der Waals surface area contributed by atoms with Crippen molar-refractivity contribution in [2.75, 3.05) is 18.8 Å². The van der Waals surface area contributed by atoms with Crippen LogP contribution < -0.4 is 5.73 Å². The minimum Gasteiger partial charge on any atom is -0.375 e. The van der Waals surface area contributed by atoms with E-state index in [1.165, 1.54) is 36.4 Å². The number of nitrogens with zero attached hydrogens (tertiary/aromatic N) is 4. The molecule has 2 fully saturated rings. The van der Waals surface area contributed by atoms with E-state index < -0.39 is 0 Å². The molecule has 1 aliphatic carbocycles. The molecule has 2 aromatic heterocycles. The largest absolute Gasteiger partial charge is 0.375 e. The highest BCUT2D eigenvalue weighted by atomic mass is 32.1. The van der Waals surface area contributed by atoms with Crippen molar-refractivity contribution < 1.29 is 4.79 Å². The molecule has 1 saturated carbocycles. The maximum atomic E-state index is 12.7. The van der Waals surface area contributed by atoms with Crippen LogP contribution in [0.5, 0.6) is 0 Å². The van der Waals surface area contributed by atoms with Gasteiger partial charge in [-0.25, -0.2) is 9.97 Å². The molecule has 1 atom stereocenters. The van der Waals surface area contributed by atoms with Crippen molar-refractivity contribution in [2.45, 2.75) is 57.4 Å². The summed E-state index contributed by atoms with van der Waals surface area (Å²) >= 11 is 1.43. The van der Waals surface area contributed by atoms with Crippen molar-refractivity contribution in [3.05, 3.63) is 29.3 Å². The Balaban J connectivity index is 1.35. The maximum absolute atomic E-state index is 12.7. The molecule has 2 aromatic rings. The number of nitrogens with two attached hydrogens (primary N) is 1. The summed E-state index contributed by atoms with van der Waals surface area (Å²) in [5.41, 5.74) is 6.59. The number of likely N-dealkylation sites (tertiary alicyclic amines) is 1. The Bertz CT molecular complexity index is 751. The van der Waals surface area contributed by atoms with Gasteiger partial charge < -0.3 is 15.2 Å². The van der Waals surface area contributed by atoms with Crippen LogP contribution in [0.2, 0.25) is 0 Å². The number of aromatic nitrogens is 3. The average molecular weight is 374 g/mol. The fourth-order valence-corrected chi connectivity index (χ4v) is 4.63. The molecule has 4 rings (SSSR count). The number of aryl methyl sites for hydroxylation is 1. The van der Waals surface area contributed by atoms with E-state index >= 15 is 0 Å². The summed E-state index contributed by atoms with van der Waals surface area (Å²) in [6.07, 6.45) is 11.4. The van der Waals surface area contributed by atoms with Gasteiger partial charge in [0.05, 0.1) is 5.69 Å². The van der Waals surface area contributed by atoms with Crippen LogP contribution >= 0.6 is 11.3 Å². The van der Waals surface area contributed by atoms with Crippen molar-refractivity contribution in [2.24, 2.45) is 5.92 Å². The Morgan fingerprint density at radius 3 is 2.92 bits per heavy atom. The molecule has 1 aliphatic heterocycles. The minimum atomic E-state index is 0.221. The van der Waals surface area contributed by atoms with Crippen molar-refractivity contribution in [3.8, 4) is 0 Å². The molecule has 3 heterocycles. The predicted octanol–water partition coefficient (Wildman–Crippen LogP) is 3.06. The van der Waals surface area contributed by atoms with E-state index in [4.69, 9.17) is 5.73 Å². The lowest BCUT2D eigenvalue weighted by Gasteiger charge is -2.33. The summed E-state index contributed by atoms with van der Waals surface area (Å²) in [5, 5.41) is 2.52. The molecule has 26 heavy (non-hydrogen) atoms. The molecular formula is C19H27N5OS. The lowest BCUT2D eigenvalue weighted by molar-refractivity contribution is -0.132. The third-order valence-electron chi connectivity index (χ3n) is 5.73. The van der Waals surface area contributed by atoms with E-state index in [1.807, 2.05) is 16.5 Å². The summed E-state index contributed by atoms with van der Waals surface area (Å²) in [4.78, 5) is 23.6. The van der Waals surface area contributed by atoms with Crippen molar-refractivity contribution in [1.82, 2.24) is 19.4 Å². The number of amides is 1. The molecule has 0 aromatic carbocycles. The van der Waals surface area contributed by atoms with E-state index in [9.17, 15) is 4.79 Å². The molecule has 1 saturated heterocycles. The Hall–Kier alpha value is -1.89. The number of hydrogen-bond donors (Lipinski definition) is 1. The number of carbonyl (C=O) groups excluding carboxylic acids is 1. The first kappa shape index (κ1) is 17.5. The lowest BCUT2D eigenvalue weighted by atomic mass is 9.85. The Labute approximate surface area is 158 Å². The average Bonchev–Trinajstić information content (AvgIpc) is 3.25. The van der Waals surface area contributed by atoms with Gasteiger partial charge in [0, 0.05) is 49.7 Å². The van der Waals surface area contributed by atoms with Gasteiger partial charge in [-0.2, -0.15) is 0 Å². The number of imidazole rings is 1. The highest BCUT2D eigenvalue weighted by Crippen LogP contribution is 2.31. The van der Waals surface area contributed by atoms with Crippen LogP contribution in [-0.2, 0) is 17.8 Å². The smallest absolute Gasteiger partial charge is 0.222 e. The number of thiazole rings is 1. The summed E-state index contributed by atoms with van der Waals surface area (Å²) in [5.74, 6) is 2.56. The van der Waals surface area contributed by atoms with Crippen LogP contribution in [0.25, 0.3) is 0 Å². The van der Waals surface area contributed by atoms with Crippen LogP contribution in [0.15, 0.2) is 17.8 Å². The van der Waals surface area contributed by atoms with E-state index in [-0.39, 0.29) is 5.91 Å². The summed E-state index contributed by atoms with van der Waals surface area (Å²) < 4.78 is 2.33. The summed E-state index contributed by atoms with van der Waals surface area (Å²) in [6, 6.07) is 0. The van der Waals surface area contributed by atoms with E-state index in [0.717, 1.165) is 44.1 Å². The number of carbonyl (C=O) groups is 1. The SMILES string of the molecule is Nc1nc(CCC(=O)N2CCCC(c3nccn3CC3CCC3)C2)cs1. The van der Waals surface area contributed by atoms with E-state index in [1.54, 1.807) is 0 Å². The zero-order valence-electron chi connectivity index (χ0n) is 15.1. The molecule has 6 nitrogen and oxygen atoms in total. The Morgan fingerprint density at radius 1 is 1.31 bits per heavy atom. The standard InChI is InChI=1S/C19H27N5OS/c20-19-22-16(13-26-19)6-7-17(25)23-9-2-5-15(12-23)18-21-8-10-24(18)11-14-3-1-4-14/h8,10,13-15H,1-7,9,11-12H2,(H2,20,22). The molecule has 2 N–H and O–H groups in total. The van der Waals surface area contributed by atoms with Gasteiger partial charge in [-0.1, -0.05) is 6.42 Å². The van der Waals surface area contributed by atoms with Crippen molar-refractivity contribution in [1.29, 1.82) is 0 Å². The van der Waals surface area contributed by atoms with Crippen LogP contribution in [0.4, 0.5) is 5.13 Å². The second-order valence-electron chi connectivity index (χ2n) is 7.59. The highest BCUT2D eigenvalue weighted by molar-refractivity contribution is 7.13. The first-order valence-corrected chi connectivity index (χ1v) is 10.6. The van der Waals surface area contributed by atoms with Gasteiger partial charge in [-0.15, -0.1) is 11.3 Å². The van der Waals surface area contributed by atoms with Crippen molar-refractivity contribution >= 4 is 22.4 Å². The van der Waals surface area contributed by atoms with E-state index in [0.29, 0.717) is 23.9 Å². The van der Waals surface area contributed by atoms with Gasteiger partial charge in [-0.3, -0.25) is 4.79 Å². The predicted molar refractivity (Wildman–Crippen MR) is 103 cm³/mol. The first-order chi connectivity index (χ1) is 12.7. The van der Waals surface area contributed by atoms with E-state index in [2.05, 4.69) is 20.7 Å². The summed E-state index contributed by atoms with van der Waals surface area (Å²) in [6.45, 7) is 2.74. The highest BCUT2D eigenvalue weighted by Gasteiger charge is 2.28. The Morgan fingerprint density at radius 2 is 2.19 bits per heavy atom. The zero-order valence-corrected chi connectivity index (χ0v) is 16.0. The molecular weight excluding hydrogens is 346 g/mol. The van der Waals surface area contributed by atoms with Crippen LogP contribution in [0.1, 0.15) is 56.0 Å². The number of piperidine rings is 1. The fraction of sp³-hybridized carbons (Fsp3) is 0.632. The normalized spacial score (nSPS) is 20.9. The molecule has 140 valence electrons. The molecule has 1 unspecified atom stereocenters. The first-order valence-electron chi connectivity index (χ1n) is 9.67. The molecule has 7 heteroatoms. The topological polar surface area (TPSA) is 77.0 Å². The zero-order chi connectivity index (χ0) is 17.9. The second-order valence-corrected chi connectivity index (χ2v) is 8.48. The van der Waals surface area contributed by atoms with Gasteiger partial charge in [-0.05, 0) is 38.0 Å². The Kier molecular flexibility index (Phi) is 5.24. The van der Waals surface area contributed by atoms with Gasteiger partial charge in [0.2, 0.25) is 5.91 Å². The monoisotopic (exact) mass is 373 g/mol. The number of nitrogen functional groups attached to an aromatic ring is 1. The minimum absolute atomic E-state index is 0.221. The third-order valence-corrected chi connectivity index (χ3v) is 6.45. The molecule has 0 spiro atoms. The maximum Gasteiger partial charge on any atom is 0.222 e. The molecule has 0 radical (unpaired) electrons. The van der Waals surface area contributed by atoms with Crippen LogP contribution in [0, 0.1) is 5.92 Å². The van der Waals surface area contributed by atoms with Gasteiger partial charge in [0.15, 0.2) is 5.13 Å². The quantitative estimate of drug-likeness (QED) is 0.844. The van der Waals surface area contributed by atoms with Crippen LogP contribution in [0.3, 0.4) is 0 Å². The molecule has 2 aliphatic rings. The number of rotatable bonds is 6. The van der Waals surface area contributed by atoms with Crippen LogP contribution in [-0.4, -0.2) is 38.4 Å². The van der Waals surface area contributed by atoms with Gasteiger partial charge in [0.25, 0.3) is 0 Å². The van der Waals surface area contributed by atoms with Gasteiger partial charge >= 0.3 is 0 Å². The third kappa shape index (κ3) is 3.92. The number of anilines is 1. The van der Waals surface area contributed by atoms with Gasteiger partial charge in [0.1, 0.15) is 5.82 Å². The second kappa shape index (κ2) is 7.78.